The lowest BCUT2D eigenvalue weighted by atomic mass is 10.1. The largest absolute Gasteiger partial charge is 0.479 e. The molecule has 1 rings (SSSR count). The van der Waals surface area contributed by atoms with E-state index < -0.39 is 41.3 Å². The zero-order chi connectivity index (χ0) is 16.4. The molecule has 3 nitrogen and oxygen atoms in total. The number of alkyl halides is 6. The van der Waals surface area contributed by atoms with Crippen molar-refractivity contribution in [3.8, 4) is 5.75 Å². The highest BCUT2D eigenvalue weighted by Gasteiger charge is 2.37. The predicted octanol–water partition coefficient (Wildman–Crippen LogP) is 3.66. The van der Waals surface area contributed by atoms with Gasteiger partial charge in [-0.2, -0.15) is 26.3 Å². The summed E-state index contributed by atoms with van der Waals surface area (Å²) in [4.78, 5) is 11.1. The van der Waals surface area contributed by atoms with Crippen LogP contribution in [0.5, 0.6) is 5.75 Å². The Hall–Kier alpha value is -1.93. The number of benzene rings is 1. The number of carbonyl (C=O) groups excluding carboxylic acids is 1. The summed E-state index contributed by atoms with van der Waals surface area (Å²) in [5.74, 6) is -1.66. The quantitative estimate of drug-likeness (QED) is 0.630. The highest BCUT2D eigenvalue weighted by atomic mass is 19.4. The zero-order valence-corrected chi connectivity index (χ0v) is 10.8. The minimum absolute atomic E-state index is 0.0321. The van der Waals surface area contributed by atoms with Gasteiger partial charge in [-0.05, 0) is 25.1 Å². The van der Waals surface area contributed by atoms with Crippen LogP contribution < -0.4 is 4.74 Å². The minimum Gasteiger partial charge on any atom is -0.479 e. The third-order valence-electron chi connectivity index (χ3n) is 2.41. The van der Waals surface area contributed by atoms with E-state index in [0.717, 1.165) is 14.0 Å². The lowest BCUT2D eigenvalue weighted by Crippen LogP contribution is -2.25. The number of halogens is 6. The van der Waals surface area contributed by atoms with Crippen LogP contribution in [0.2, 0.25) is 0 Å². The van der Waals surface area contributed by atoms with Gasteiger partial charge in [0.15, 0.2) is 6.10 Å². The lowest BCUT2D eigenvalue weighted by molar-refractivity contribution is -0.148. The molecule has 0 spiro atoms. The molecule has 21 heavy (non-hydrogen) atoms. The molecule has 0 amide bonds. The van der Waals surface area contributed by atoms with E-state index in [4.69, 9.17) is 4.74 Å². The van der Waals surface area contributed by atoms with Crippen LogP contribution in [0.15, 0.2) is 18.2 Å². The van der Waals surface area contributed by atoms with Crippen LogP contribution in [-0.4, -0.2) is 19.2 Å². The first kappa shape index (κ1) is 17.1. The lowest BCUT2D eigenvalue weighted by Gasteiger charge is -2.17. The number of esters is 1. The molecule has 1 atom stereocenters. The van der Waals surface area contributed by atoms with Gasteiger partial charge in [0.25, 0.3) is 0 Å². The summed E-state index contributed by atoms with van der Waals surface area (Å²) in [6.45, 7) is 1.14. The van der Waals surface area contributed by atoms with Gasteiger partial charge in [0, 0.05) is 0 Å². The summed E-state index contributed by atoms with van der Waals surface area (Å²) in [6, 6.07) is 0.735. The van der Waals surface area contributed by atoms with Gasteiger partial charge in [-0.15, -0.1) is 0 Å². The molecule has 0 fully saturated rings. The van der Waals surface area contributed by atoms with E-state index in [9.17, 15) is 31.1 Å². The average Bonchev–Trinajstić information content (AvgIpc) is 2.35. The highest BCUT2D eigenvalue weighted by molar-refractivity contribution is 5.74. The maximum absolute atomic E-state index is 12.6. The third kappa shape index (κ3) is 4.54. The summed E-state index contributed by atoms with van der Waals surface area (Å²) in [5, 5.41) is 0. The van der Waals surface area contributed by atoms with Crippen molar-refractivity contribution in [2.24, 2.45) is 0 Å². The van der Waals surface area contributed by atoms with Crippen molar-refractivity contribution >= 4 is 5.97 Å². The van der Waals surface area contributed by atoms with Crippen LogP contribution >= 0.6 is 0 Å². The van der Waals surface area contributed by atoms with Crippen LogP contribution in [0.3, 0.4) is 0 Å². The first-order chi connectivity index (χ1) is 9.45. The van der Waals surface area contributed by atoms with Gasteiger partial charge in [-0.25, -0.2) is 4.79 Å². The van der Waals surface area contributed by atoms with Crippen molar-refractivity contribution in [2.75, 3.05) is 7.11 Å². The molecule has 1 aromatic carbocycles. The summed E-state index contributed by atoms with van der Waals surface area (Å²) in [6.07, 6.45) is -11.3. The fraction of sp³-hybridized carbons (Fsp3) is 0.417. The van der Waals surface area contributed by atoms with E-state index in [2.05, 4.69) is 4.74 Å². The van der Waals surface area contributed by atoms with E-state index in [-0.39, 0.29) is 6.07 Å². The molecule has 0 aliphatic rings. The first-order valence-corrected chi connectivity index (χ1v) is 5.49. The number of carbonyl (C=O) groups is 1. The summed E-state index contributed by atoms with van der Waals surface area (Å²) in [5.41, 5.74) is -3.05. The standard InChI is InChI=1S/C12H10F6O3/c1-6(10(19)20-2)21-9-4-7(11(13,14)15)3-8(5-9)12(16,17)18/h3-6H,1-2H3. The van der Waals surface area contributed by atoms with Crippen molar-refractivity contribution in [1.82, 2.24) is 0 Å². The zero-order valence-electron chi connectivity index (χ0n) is 10.8. The molecule has 0 bridgehead atoms. The molecule has 1 unspecified atom stereocenters. The molecule has 0 aliphatic carbocycles. The Bertz CT molecular complexity index is 488. The summed E-state index contributed by atoms with van der Waals surface area (Å²) < 4.78 is 84.5. The molecular formula is C12H10F6O3. The smallest absolute Gasteiger partial charge is 0.416 e. The van der Waals surface area contributed by atoms with E-state index in [1.807, 2.05) is 0 Å². The van der Waals surface area contributed by atoms with Crippen LogP contribution in [0.4, 0.5) is 26.3 Å². The fourth-order valence-corrected chi connectivity index (χ4v) is 1.41. The second-order valence-corrected chi connectivity index (χ2v) is 4.02. The number of ether oxygens (including phenoxy) is 2. The van der Waals surface area contributed by atoms with Crippen LogP contribution in [-0.2, 0) is 21.9 Å². The Balaban J connectivity index is 3.23. The number of hydrogen-bond donors (Lipinski definition) is 0. The van der Waals surface area contributed by atoms with Gasteiger partial charge in [0.2, 0.25) is 0 Å². The molecule has 0 heterocycles. The van der Waals surface area contributed by atoms with E-state index in [1.165, 1.54) is 0 Å². The molecule has 0 radical (unpaired) electrons. The molecule has 0 saturated heterocycles. The topological polar surface area (TPSA) is 35.5 Å². The van der Waals surface area contributed by atoms with Crippen molar-refractivity contribution < 1.29 is 40.6 Å². The molecule has 0 aliphatic heterocycles. The van der Waals surface area contributed by atoms with Gasteiger partial charge in [0.1, 0.15) is 5.75 Å². The number of rotatable bonds is 3. The van der Waals surface area contributed by atoms with Crippen LogP contribution in [0.25, 0.3) is 0 Å². The molecule has 0 saturated carbocycles. The van der Waals surface area contributed by atoms with Crippen molar-refractivity contribution in [3.63, 3.8) is 0 Å². The number of methoxy groups -OCH3 is 1. The van der Waals surface area contributed by atoms with E-state index in [1.54, 1.807) is 0 Å². The predicted molar refractivity (Wildman–Crippen MR) is 58.6 cm³/mol. The summed E-state index contributed by atoms with van der Waals surface area (Å²) in [7, 11) is 1.01. The minimum atomic E-state index is -4.98. The van der Waals surface area contributed by atoms with Crippen molar-refractivity contribution in [1.29, 1.82) is 0 Å². The van der Waals surface area contributed by atoms with Crippen molar-refractivity contribution in [3.05, 3.63) is 29.3 Å². The Labute approximate surface area is 115 Å². The normalized spacial score (nSPS) is 13.7. The maximum atomic E-state index is 12.6. The van der Waals surface area contributed by atoms with Crippen molar-refractivity contribution in [2.45, 2.75) is 25.4 Å². The SMILES string of the molecule is COC(=O)C(C)Oc1cc(C(F)(F)F)cc(C(F)(F)F)c1. The summed E-state index contributed by atoms with van der Waals surface area (Å²) >= 11 is 0. The molecule has 1 aromatic rings. The van der Waals surface area contributed by atoms with Gasteiger partial charge in [0.05, 0.1) is 18.2 Å². The monoisotopic (exact) mass is 316 g/mol. The molecule has 118 valence electrons. The third-order valence-corrected chi connectivity index (χ3v) is 2.41. The Kier molecular flexibility index (Phi) is 4.75. The average molecular weight is 316 g/mol. The van der Waals surface area contributed by atoms with E-state index in [0.29, 0.717) is 12.1 Å². The molecule has 0 N–H and O–H groups in total. The van der Waals surface area contributed by atoms with Gasteiger partial charge in [-0.1, -0.05) is 0 Å². The molecule has 9 heteroatoms. The molecular weight excluding hydrogens is 306 g/mol. The highest BCUT2D eigenvalue weighted by Crippen LogP contribution is 2.38. The van der Waals surface area contributed by atoms with Crippen LogP contribution in [0.1, 0.15) is 18.1 Å². The second kappa shape index (κ2) is 5.82. The maximum Gasteiger partial charge on any atom is 0.416 e. The van der Waals surface area contributed by atoms with Crippen LogP contribution in [0, 0.1) is 0 Å². The Morgan fingerprint density at radius 1 is 1.00 bits per heavy atom. The Morgan fingerprint density at radius 3 is 1.76 bits per heavy atom. The van der Waals surface area contributed by atoms with Gasteiger partial charge in [-0.3, -0.25) is 0 Å². The molecule has 0 aromatic heterocycles. The second-order valence-electron chi connectivity index (χ2n) is 4.02. The van der Waals surface area contributed by atoms with E-state index >= 15 is 0 Å². The van der Waals surface area contributed by atoms with Gasteiger partial charge >= 0.3 is 18.3 Å². The number of hydrogen-bond acceptors (Lipinski definition) is 3. The Morgan fingerprint density at radius 2 is 1.43 bits per heavy atom. The van der Waals surface area contributed by atoms with Gasteiger partial charge < -0.3 is 9.47 Å². The first-order valence-electron chi connectivity index (χ1n) is 5.49. The fourth-order valence-electron chi connectivity index (χ4n) is 1.41.